The van der Waals surface area contributed by atoms with Crippen LogP contribution in [0.3, 0.4) is 0 Å². The second-order valence-electron chi connectivity index (χ2n) is 11.1. The lowest BCUT2D eigenvalue weighted by molar-refractivity contribution is -0.138. The molecule has 2 fully saturated rings. The molecule has 14 heteroatoms. The number of H-pyrrole nitrogens is 1. The molecular formula is C30H32F5N5O4. The molecule has 9 nitrogen and oxygen atoms in total. The summed E-state index contributed by atoms with van der Waals surface area (Å²) in [5, 5.41) is 2.25. The number of carbonyl (C=O) groups excluding carboxylic acids is 1. The normalized spacial score (nSPS) is 20.0. The van der Waals surface area contributed by atoms with Crippen LogP contribution >= 0.6 is 0 Å². The molecule has 5 rings (SSSR count). The quantitative estimate of drug-likeness (QED) is 0.371. The van der Waals surface area contributed by atoms with Gasteiger partial charge in [-0.1, -0.05) is 0 Å². The maximum atomic E-state index is 16.4. The van der Waals surface area contributed by atoms with Gasteiger partial charge in [-0.25, -0.2) is 13.8 Å². The highest BCUT2D eigenvalue weighted by atomic mass is 19.4. The van der Waals surface area contributed by atoms with Crippen LogP contribution in [0.5, 0.6) is 5.88 Å². The summed E-state index contributed by atoms with van der Waals surface area (Å²) >= 11 is 0. The lowest BCUT2D eigenvalue weighted by atomic mass is 10.0. The van der Waals surface area contributed by atoms with E-state index in [2.05, 4.69) is 20.2 Å². The summed E-state index contributed by atoms with van der Waals surface area (Å²) in [5.41, 5.74) is -4.52. The standard InChI is InChI=1S/C30H32F5N5O4/c1-16-14-40(15-17(2)39(16)3)23-11-22(31)26(18-4-5-25(37-12-18)44-19-6-8-43-9-7-19)27(32)28(23)38-29(42)20-13-36-24(41)10-21(20)30(33,34)35/h4-5,10-13,16-17,19H,6-9,14-15H2,1-3H3,(H,36,41)(H,38,42). The third-order valence-electron chi connectivity index (χ3n) is 8.09. The van der Waals surface area contributed by atoms with Gasteiger partial charge in [-0.3, -0.25) is 14.5 Å². The van der Waals surface area contributed by atoms with Crippen molar-refractivity contribution in [3.63, 3.8) is 0 Å². The number of pyridine rings is 2. The molecule has 2 aliphatic heterocycles. The Balaban J connectivity index is 1.56. The third kappa shape index (κ3) is 6.55. The first-order valence-corrected chi connectivity index (χ1v) is 14.1. The van der Waals surface area contributed by atoms with Crippen LogP contribution in [0.4, 0.5) is 33.3 Å². The average Bonchev–Trinajstić information content (AvgIpc) is 2.98. The second kappa shape index (κ2) is 12.5. The number of nitrogens with one attached hydrogen (secondary N) is 2. The first kappa shape index (κ1) is 31.4. The predicted octanol–water partition coefficient (Wildman–Crippen LogP) is 5.07. The van der Waals surface area contributed by atoms with Gasteiger partial charge in [0, 0.05) is 74.2 Å². The van der Waals surface area contributed by atoms with Gasteiger partial charge in [0.25, 0.3) is 5.91 Å². The van der Waals surface area contributed by atoms with Gasteiger partial charge in [-0.2, -0.15) is 13.2 Å². The molecule has 2 unspecified atom stereocenters. The van der Waals surface area contributed by atoms with E-state index in [0.29, 0.717) is 45.3 Å². The molecule has 0 bridgehead atoms. The molecular weight excluding hydrogens is 589 g/mol. The molecule has 2 saturated heterocycles. The zero-order valence-corrected chi connectivity index (χ0v) is 24.3. The van der Waals surface area contributed by atoms with Crippen LogP contribution in [-0.2, 0) is 10.9 Å². The molecule has 2 aromatic heterocycles. The van der Waals surface area contributed by atoms with Gasteiger partial charge in [0.15, 0.2) is 5.82 Å². The van der Waals surface area contributed by atoms with E-state index in [1.54, 1.807) is 4.90 Å². The minimum Gasteiger partial charge on any atom is -0.474 e. The molecule has 1 aromatic carbocycles. The van der Waals surface area contributed by atoms with Crippen LogP contribution in [0.1, 0.15) is 42.6 Å². The van der Waals surface area contributed by atoms with Crippen molar-refractivity contribution < 1.29 is 36.2 Å². The lowest BCUT2D eigenvalue weighted by Gasteiger charge is -2.44. The minimum atomic E-state index is -5.04. The second-order valence-corrected chi connectivity index (χ2v) is 11.1. The number of halogens is 5. The molecule has 1 amide bonds. The molecule has 0 radical (unpaired) electrons. The molecule has 2 atom stereocenters. The Hall–Kier alpha value is -4.04. The Morgan fingerprint density at radius 1 is 1.11 bits per heavy atom. The Bertz CT molecular complexity index is 1560. The van der Waals surface area contributed by atoms with Gasteiger partial charge in [0.05, 0.1) is 35.6 Å². The molecule has 44 heavy (non-hydrogen) atoms. The number of alkyl halides is 3. The van der Waals surface area contributed by atoms with Crippen molar-refractivity contribution in [2.75, 3.05) is 43.6 Å². The highest BCUT2D eigenvalue weighted by Crippen LogP contribution is 2.40. The monoisotopic (exact) mass is 621 g/mol. The summed E-state index contributed by atoms with van der Waals surface area (Å²) in [6, 6.07) is 4.10. The van der Waals surface area contributed by atoms with E-state index in [4.69, 9.17) is 9.47 Å². The fourth-order valence-corrected chi connectivity index (χ4v) is 5.48. The van der Waals surface area contributed by atoms with Crippen LogP contribution in [0.2, 0.25) is 0 Å². The number of nitrogens with zero attached hydrogens (tertiary/aromatic N) is 3. The first-order chi connectivity index (χ1) is 20.8. The Morgan fingerprint density at radius 3 is 2.41 bits per heavy atom. The number of piperazine rings is 1. The van der Waals surface area contributed by atoms with Crippen molar-refractivity contribution in [1.82, 2.24) is 14.9 Å². The number of aromatic nitrogens is 2. The largest absolute Gasteiger partial charge is 0.474 e. The number of aromatic amines is 1. The van der Waals surface area contributed by atoms with E-state index < -0.39 is 51.7 Å². The highest BCUT2D eigenvalue weighted by molar-refractivity contribution is 6.07. The van der Waals surface area contributed by atoms with Gasteiger partial charge in [0.1, 0.15) is 17.6 Å². The molecule has 2 aliphatic rings. The topological polar surface area (TPSA) is 99.8 Å². The Labute approximate surface area is 250 Å². The number of hydrogen-bond donors (Lipinski definition) is 2. The van der Waals surface area contributed by atoms with Gasteiger partial charge < -0.3 is 24.7 Å². The lowest BCUT2D eigenvalue weighted by Crippen LogP contribution is -2.55. The van der Waals surface area contributed by atoms with Crippen molar-refractivity contribution in [3.8, 4) is 17.0 Å². The number of benzene rings is 1. The SMILES string of the molecule is CC1CN(c2cc(F)c(-c3ccc(OC4CCOCC4)nc3)c(F)c2NC(=O)c2c[nH]c(=O)cc2C(F)(F)F)CC(C)N1C. The highest BCUT2D eigenvalue weighted by Gasteiger charge is 2.37. The van der Waals surface area contributed by atoms with Gasteiger partial charge >= 0.3 is 6.18 Å². The maximum absolute atomic E-state index is 16.4. The van der Waals surface area contributed by atoms with Crippen molar-refractivity contribution >= 4 is 17.3 Å². The fourth-order valence-electron chi connectivity index (χ4n) is 5.48. The third-order valence-corrected chi connectivity index (χ3v) is 8.09. The molecule has 0 spiro atoms. The van der Waals surface area contributed by atoms with Crippen LogP contribution in [0.15, 0.2) is 41.5 Å². The fraction of sp³-hybridized carbons (Fsp3) is 0.433. The summed E-state index contributed by atoms with van der Waals surface area (Å²) in [6.07, 6.45) is -1.97. The van der Waals surface area contributed by atoms with E-state index in [9.17, 15) is 22.8 Å². The molecule has 236 valence electrons. The number of hydrogen-bond acceptors (Lipinski definition) is 7. The van der Waals surface area contributed by atoms with E-state index in [1.165, 1.54) is 18.3 Å². The van der Waals surface area contributed by atoms with Crippen molar-refractivity contribution in [2.45, 2.75) is 51.1 Å². The molecule has 0 aliphatic carbocycles. The van der Waals surface area contributed by atoms with Gasteiger partial charge in [0.2, 0.25) is 11.4 Å². The van der Waals surface area contributed by atoms with Crippen LogP contribution in [0, 0.1) is 11.6 Å². The zero-order chi connectivity index (χ0) is 31.8. The van der Waals surface area contributed by atoms with Crippen LogP contribution in [0.25, 0.3) is 11.1 Å². The van der Waals surface area contributed by atoms with Crippen LogP contribution in [-0.4, -0.2) is 72.3 Å². The van der Waals surface area contributed by atoms with Crippen LogP contribution < -0.4 is 20.5 Å². The number of ether oxygens (including phenoxy) is 2. The van der Waals surface area contributed by atoms with Gasteiger partial charge in [-0.15, -0.1) is 0 Å². The van der Waals surface area contributed by atoms with E-state index in [-0.39, 0.29) is 41.4 Å². The summed E-state index contributed by atoms with van der Waals surface area (Å²) in [5.74, 6) is -3.22. The van der Waals surface area contributed by atoms with E-state index >= 15 is 8.78 Å². The molecule has 0 saturated carbocycles. The summed E-state index contributed by atoms with van der Waals surface area (Å²) in [7, 11) is 1.91. The number of rotatable bonds is 6. The van der Waals surface area contributed by atoms with Crippen molar-refractivity contribution in [1.29, 1.82) is 0 Å². The summed E-state index contributed by atoms with van der Waals surface area (Å²) in [4.78, 5) is 34.9. The number of amides is 1. The van der Waals surface area contributed by atoms with E-state index in [1.807, 2.05) is 20.9 Å². The number of likely N-dealkylation sites (N-methyl/N-ethyl adjacent to an activating group) is 1. The first-order valence-electron chi connectivity index (χ1n) is 14.1. The molecule has 2 N–H and O–H groups in total. The molecule has 3 aromatic rings. The number of anilines is 2. The Kier molecular flexibility index (Phi) is 8.93. The van der Waals surface area contributed by atoms with Crippen molar-refractivity contribution in [2.24, 2.45) is 0 Å². The predicted molar refractivity (Wildman–Crippen MR) is 153 cm³/mol. The average molecular weight is 622 g/mol. The number of carbonyl (C=O) groups is 1. The smallest absolute Gasteiger partial charge is 0.417 e. The van der Waals surface area contributed by atoms with Gasteiger partial charge in [-0.05, 0) is 27.0 Å². The summed E-state index contributed by atoms with van der Waals surface area (Å²) in [6.45, 7) is 5.60. The minimum absolute atomic E-state index is 0.0292. The Morgan fingerprint density at radius 2 is 1.80 bits per heavy atom. The van der Waals surface area contributed by atoms with Crippen molar-refractivity contribution in [3.05, 3.63) is 69.8 Å². The maximum Gasteiger partial charge on any atom is 0.417 e. The zero-order valence-electron chi connectivity index (χ0n) is 24.3. The van der Waals surface area contributed by atoms with E-state index in [0.717, 1.165) is 6.07 Å². The summed E-state index contributed by atoms with van der Waals surface area (Å²) < 4.78 is 84.5. The molecule has 4 heterocycles.